The van der Waals surface area contributed by atoms with Gasteiger partial charge in [-0.3, -0.25) is 4.79 Å². The SMILES string of the molecule is CCc1ccc(OCCc2nnc(NC(=O)C3CCC3)s2)cc1. The number of nitrogens with zero attached hydrogens (tertiary/aromatic N) is 2. The van der Waals surface area contributed by atoms with Crippen LogP contribution in [0.1, 0.15) is 36.8 Å². The van der Waals surface area contributed by atoms with E-state index in [1.165, 1.54) is 16.9 Å². The number of amides is 1. The third-order valence-electron chi connectivity index (χ3n) is 4.09. The molecule has 23 heavy (non-hydrogen) atoms. The highest BCUT2D eigenvalue weighted by Gasteiger charge is 2.25. The van der Waals surface area contributed by atoms with E-state index in [9.17, 15) is 4.79 Å². The van der Waals surface area contributed by atoms with Crippen LogP contribution in [0.15, 0.2) is 24.3 Å². The van der Waals surface area contributed by atoms with E-state index >= 15 is 0 Å². The van der Waals surface area contributed by atoms with Crippen LogP contribution < -0.4 is 10.1 Å². The molecule has 1 aromatic carbocycles. The van der Waals surface area contributed by atoms with Crippen molar-refractivity contribution in [2.75, 3.05) is 11.9 Å². The van der Waals surface area contributed by atoms with Gasteiger partial charge in [-0.25, -0.2) is 0 Å². The van der Waals surface area contributed by atoms with Gasteiger partial charge >= 0.3 is 0 Å². The molecule has 0 aliphatic heterocycles. The molecule has 0 atom stereocenters. The Balaban J connectivity index is 1.44. The van der Waals surface area contributed by atoms with Crippen molar-refractivity contribution in [3.05, 3.63) is 34.8 Å². The Bertz CT molecular complexity index is 650. The maximum absolute atomic E-state index is 11.9. The van der Waals surface area contributed by atoms with Gasteiger partial charge in [-0.15, -0.1) is 10.2 Å². The van der Waals surface area contributed by atoms with Crippen LogP contribution in [0.25, 0.3) is 0 Å². The van der Waals surface area contributed by atoms with Crippen molar-refractivity contribution in [2.24, 2.45) is 5.92 Å². The molecule has 1 heterocycles. The molecule has 0 radical (unpaired) electrons. The number of hydrogen-bond donors (Lipinski definition) is 1. The van der Waals surface area contributed by atoms with Gasteiger partial charge in [0.2, 0.25) is 11.0 Å². The molecule has 6 heteroatoms. The van der Waals surface area contributed by atoms with E-state index in [2.05, 4.69) is 34.6 Å². The monoisotopic (exact) mass is 331 g/mol. The molecule has 0 bridgehead atoms. The minimum absolute atomic E-state index is 0.0752. The van der Waals surface area contributed by atoms with E-state index in [1.54, 1.807) is 0 Å². The zero-order chi connectivity index (χ0) is 16.1. The van der Waals surface area contributed by atoms with Crippen molar-refractivity contribution >= 4 is 22.4 Å². The molecule has 1 aromatic heterocycles. The van der Waals surface area contributed by atoms with Crippen LogP contribution in [0.3, 0.4) is 0 Å². The van der Waals surface area contributed by atoms with Crippen LogP contribution >= 0.6 is 11.3 Å². The van der Waals surface area contributed by atoms with Gasteiger partial charge in [0.15, 0.2) is 0 Å². The zero-order valence-electron chi connectivity index (χ0n) is 13.2. The molecular weight excluding hydrogens is 310 g/mol. The number of ether oxygens (including phenoxy) is 1. The summed E-state index contributed by atoms with van der Waals surface area (Å²) >= 11 is 1.42. The number of anilines is 1. The van der Waals surface area contributed by atoms with Crippen LogP contribution in [0, 0.1) is 5.92 Å². The lowest BCUT2D eigenvalue weighted by Crippen LogP contribution is -2.27. The fourth-order valence-corrected chi connectivity index (χ4v) is 3.08. The molecule has 122 valence electrons. The van der Waals surface area contributed by atoms with Crippen molar-refractivity contribution in [2.45, 2.75) is 39.0 Å². The smallest absolute Gasteiger partial charge is 0.229 e. The summed E-state index contributed by atoms with van der Waals surface area (Å²) in [5.74, 6) is 1.10. The predicted octanol–water partition coefficient (Wildman–Crippen LogP) is 3.46. The normalized spacial score (nSPS) is 14.3. The highest BCUT2D eigenvalue weighted by atomic mass is 32.1. The molecule has 1 fully saturated rings. The predicted molar refractivity (Wildman–Crippen MR) is 90.9 cm³/mol. The standard InChI is InChI=1S/C17H21N3O2S/c1-2-12-6-8-14(9-7-12)22-11-10-15-19-20-17(23-15)18-16(21)13-4-3-5-13/h6-9,13H,2-5,10-11H2,1H3,(H,18,20,21). The Morgan fingerprint density at radius 3 is 2.74 bits per heavy atom. The lowest BCUT2D eigenvalue weighted by atomic mass is 9.85. The highest BCUT2D eigenvalue weighted by Crippen LogP contribution is 2.28. The molecule has 1 saturated carbocycles. The molecular formula is C17H21N3O2S. The quantitative estimate of drug-likeness (QED) is 0.844. The first kappa shape index (κ1) is 15.9. The zero-order valence-corrected chi connectivity index (χ0v) is 14.1. The average molecular weight is 331 g/mol. The van der Waals surface area contributed by atoms with Crippen LogP contribution in [0.2, 0.25) is 0 Å². The van der Waals surface area contributed by atoms with E-state index in [0.29, 0.717) is 18.2 Å². The summed E-state index contributed by atoms with van der Waals surface area (Å²) in [7, 11) is 0. The second kappa shape index (κ2) is 7.55. The van der Waals surface area contributed by atoms with Gasteiger partial charge < -0.3 is 10.1 Å². The van der Waals surface area contributed by atoms with Gasteiger partial charge in [0.1, 0.15) is 10.8 Å². The van der Waals surface area contributed by atoms with Crippen LogP contribution in [0.4, 0.5) is 5.13 Å². The maximum Gasteiger partial charge on any atom is 0.229 e. The number of carbonyl (C=O) groups is 1. The van der Waals surface area contributed by atoms with Crippen molar-refractivity contribution in [3.8, 4) is 5.75 Å². The summed E-state index contributed by atoms with van der Waals surface area (Å²) in [6.07, 6.45) is 4.84. The first-order valence-electron chi connectivity index (χ1n) is 8.09. The van der Waals surface area contributed by atoms with Gasteiger partial charge in [0.25, 0.3) is 0 Å². The summed E-state index contributed by atoms with van der Waals surface area (Å²) in [6.45, 7) is 2.68. The number of aryl methyl sites for hydroxylation is 1. The third-order valence-corrected chi connectivity index (χ3v) is 4.99. The van der Waals surface area contributed by atoms with Gasteiger partial charge in [0, 0.05) is 12.3 Å². The highest BCUT2D eigenvalue weighted by molar-refractivity contribution is 7.15. The topological polar surface area (TPSA) is 64.1 Å². The molecule has 3 rings (SSSR count). The fourth-order valence-electron chi connectivity index (χ4n) is 2.36. The number of nitrogens with one attached hydrogen (secondary N) is 1. The summed E-state index contributed by atoms with van der Waals surface area (Å²) in [5.41, 5.74) is 1.30. The minimum atomic E-state index is 0.0752. The minimum Gasteiger partial charge on any atom is -0.493 e. The van der Waals surface area contributed by atoms with Gasteiger partial charge in [-0.05, 0) is 37.0 Å². The van der Waals surface area contributed by atoms with E-state index in [1.807, 2.05) is 12.1 Å². The van der Waals surface area contributed by atoms with Gasteiger partial charge in [0.05, 0.1) is 6.61 Å². The van der Waals surface area contributed by atoms with E-state index < -0.39 is 0 Å². The van der Waals surface area contributed by atoms with Crippen LogP contribution in [0.5, 0.6) is 5.75 Å². The number of rotatable bonds is 7. The molecule has 0 spiro atoms. The number of aromatic nitrogens is 2. The van der Waals surface area contributed by atoms with Crippen molar-refractivity contribution in [1.82, 2.24) is 10.2 Å². The Kier molecular flexibility index (Phi) is 5.23. The van der Waals surface area contributed by atoms with Gasteiger partial charge in [-0.1, -0.05) is 36.8 Å². The first-order valence-corrected chi connectivity index (χ1v) is 8.91. The second-order valence-electron chi connectivity index (χ2n) is 5.71. The maximum atomic E-state index is 11.9. The Morgan fingerprint density at radius 1 is 1.30 bits per heavy atom. The molecule has 0 unspecified atom stereocenters. The van der Waals surface area contributed by atoms with Crippen LogP contribution in [-0.2, 0) is 17.6 Å². The molecule has 5 nitrogen and oxygen atoms in total. The average Bonchev–Trinajstić information content (AvgIpc) is 2.93. The van der Waals surface area contributed by atoms with Crippen molar-refractivity contribution < 1.29 is 9.53 Å². The fraction of sp³-hybridized carbons (Fsp3) is 0.471. The van der Waals surface area contributed by atoms with Crippen molar-refractivity contribution in [3.63, 3.8) is 0 Å². The lowest BCUT2D eigenvalue weighted by molar-refractivity contribution is -0.122. The summed E-state index contributed by atoms with van der Waals surface area (Å²) in [4.78, 5) is 11.9. The lowest BCUT2D eigenvalue weighted by Gasteiger charge is -2.23. The number of hydrogen-bond acceptors (Lipinski definition) is 5. The summed E-state index contributed by atoms with van der Waals surface area (Å²) < 4.78 is 5.72. The molecule has 1 N–H and O–H groups in total. The van der Waals surface area contributed by atoms with Crippen LogP contribution in [-0.4, -0.2) is 22.7 Å². The van der Waals surface area contributed by atoms with E-state index in [4.69, 9.17) is 4.74 Å². The Labute approximate surface area is 140 Å². The molecule has 2 aromatic rings. The number of carbonyl (C=O) groups excluding carboxylic acids is 1. The molecule has 1 aliphatic rings. The Hall–Kier alpha value is -1.95. The van der Waals surface area contributed by atoms with Gasteiger partial charge in [-0.2, -0.15) is 0 Å². The molecule has 1 amide bonds. The van der Waals surface area contributed by atoms with Crippen molar-refractivity contribution in [1.29, 1.82) is 0 Å². The summed E-state index contributed by atoms with van der Waals surface area (Å²) in [5, 5.41) is 12.4. The molecule has 1 aliphatic carbocycles. The first-order chi connectivity index (χ1) is 11.2. The van der Waals surface area contributed by atoms with E-state index in [0.717, 1.165) is 36.4 Å². The van der Waals surface area contributed by atoms with E-state index in [-0.39, 0.29) is 11.8 Å². The third kappa shape index (κ3) is 4.28. The summed E-state index contributed by atoms with van der Waals surface area (Å²) in [6, 6.07) is 8.13. The second-order valence-corrected chi connectivity index (χ2v) is 6.78. The number of benzene rings is 1. The Morgan fingerprint density at radius 2 is 2.09 bits per heavy atom. The largest absolute Gasteiger partial charge is 0.493 e. The molecule has 0 saturated heterocycles.